The van der Waals surface area contributed by atoms with Gasteiger partial charge in [-0.05, 0) is 12.2 Å². The van der Waals surface area contributed by atoms with Crippen molar-refractivity contribution < 1.29 is 9.90 Å². The van der Waals surface area contributed by atoms with Gasteiger partial charge < -0.3 is 16.6 Å². The molecule has 0 atom stereocenters. The molecule has 0 aliphatic carbocycles. The van der Waals surface area contributed by atoms with E-state index in [1.165, 1.54) is 25.3 Å². The zero-order valence-electron chi connectivity index (χ0n) is 7.90. The molecular weight excluding hydrogens is 182 g/mol. The van der Waals surface area contributed by atoms with Gasteiger partial charge in [-0.25, -0.2) is 4.79 Å². The normalized spacial score (nSPS) is 13.9. The van der Waals surface area contributed by atoms with Crippen molar-refractivity contribution in [3.8, 4) is 0 Å². The second kappa shape index (κ2) is 5.58. The molecule has 0 saturated heterocycles. The van der Waals surface area contributed by atoms with E-state index in [4.69, 9.17) is 16.6 Å². The predicted octanol–water partition coefficient (Wildman–Crippen LogP) is 0.0130. The van der Waals surface area contributed by atoms with Gasteiger partial charge in [0.25, 0.3) is 0 Å². The highest BCUT2D eigenvalue weighted by Gasteiger charge is 2.04. The van der Waals surface area contributed by atoms with Crippen molar-refractivity contribution in [3.05, 3.63) is 36.2 Å². The first-order valence-corrected chi connectivity index (χ1v) is 3.78. The maximum Gasteiger partial charge on any atom is 0.351 e. The Bertz CT molecular complexity index is 327. The third-order valence-corrected chi connectivity index (χ3v) is 1.37. The number of aliphatic carboxylic acids is 1. The first kappa shape index (κ1) is 12.0. The minimum Gasteiger partial charge on any atom is -0.477 e. The maximum atomic E-state index is 10.4. The molecule has 5 nitrogen and oxygen atoms in total. The van der Waals surface area contributed by atoms with Gasteiger partial charge in [-0.1, -0.05) is 12.7 Å². The quantitative estimate of drug-likeness (QED) is 0.334. The van der Waals surface area contributed by atoms with Gasteiger partial charge in [-0.3, -0.25) is 4.99 Å². The van der Waals surface area contributed by atoms with E-state index in [0.717, 1.165) is 0 Å². The molecule has 5 heteroatoms. The molecule has 14 heavy (non-hydrogen) atoms. The van der Waals surface area contributed by atoms with Gasteiger partial charge in [0.05, 0.1) is 11.4 Å². The van der Waals surface area contributed by atoms with E-state index in [-0.39, 0.29) is 5.70 Å². The van der Waals surface area contributed by atoms with Gasteiger partial charge in [0.15, 0.2) is 0 Å². The summed E-state index contributed by atoms with van der Waals surface area (Å²) in [6, 6.07) is 0. The standard InChI is InChI=1S/C9H13N3O2/c1-3-4-6(10)8(12-2)5-7(11)9(13)14/h3-5H,1,10-11H2,2H3,(H,13,14)/b6-4-,7-5?,12-8?. The molecule has 0 amide bonds. The van der Waals surface area contributed by atoms with Crippen molar-refractivity contribution in [2.75, 3.05) is 7.05 Å². The first-order chi connectivity index (χ1) is 6.52. The number of nitrogens with two attached hydrogens (primary N) is 2. The molecule has 0 unspecified atom stereocenters. The number of carboxylic acid groups (broad SMARTS) is 1. The van der Waals surface area contributed by atoms with E-state index >= 15 is 0 Å². The van der Waals surface area contributed by atoms with Gasteiger partial charge in [-0.15, -0.1) is 0 Å². The van der Waals surface area contributed by atoms with E-state index in [1.54, 1.807) is 0 Å². The lowest BCUT2D eigenvalue weighted by Crippen LogP contribution is -2.16. The predicted molar refractivity (Wildman–Crippen MR) is 55.7 cm³/mol. The third kappa shape index (κ3) is 3.57. The summed E-state index contributed by atoms with van der Waals surface area (Å²) >= 11 is 0. The van der Waals surface area contributed by atoms with Crippen LogP contribution in [0, 0.1) is 0 Å². The van der Waals surface area contributed by atoms with Crippen LogP contribution in [0.5, 0.6) is 0 Å². The second-order valence-electron chi connectivity index (χ2n) is 2.37. The van der Waals surface area contributed by atoms with Gasteiger partial charge in [0, 0.05) is 7.05 Å². The summed E-state index contributed by atoms with van der Waals surface area (Å²) < 4.78 is 0. The summed E-state index contributed by atoms with van der Waals surface area (Å²) in [5.41, 5.74) is 11.1. The molecule has 0 aromatic carbocycles. The van der Waals surface area contributed by atoms with Gasteiger partial charge in [0.1, 0.15) is 5.70 Å². The van der Waals surface area contributed by atoms with Crippen LogP contribution < -0.4 is 11.5 Å². The summed E-state index contributed by atoms with van der Waals surface area (Å²) in [5, 5.41) is 8.51. The number of carboxylic acids is 1. The Morgan fingerprint density at radius 3 is 2.36 bits per heavy atom. The zero-order chi connectivity index (χ0) is 11.1. The maximum absolute atomic E-state index is 10.4. The molecule has 0 aliphatic rings. The summed E-state index contributed by atoms with van der Waals surface area (Å²) in [6.45, 7) is 3.45. The van der Waals surface area contributed by atoms with Crippen molar-refractivity contribution >= 4 is 11.7 Å². The van der Waals surface area contributed by atoms with Crippen LogP contribution in [0.2, 0.25) is 0 Å². The Morgan fingerprint density at radius 1 is 1.43 bits per heavy atom. The van der Waals surface area contributed by atoms with Crippen LogP contribution >= 0.6 is 0 Å². The van der Waals surface area contributed by atoms with Gasteiger partial charge in [-0.2, -0.15) is 0 Å². The largest absolute Gasteiger partial charge is 0.477 e. The number of aliphatic imine (C=N–C) groups is 1. The number of nitrogens with zero attached hydrogens (tertiary/aromatic N) is 1. The van der Waals surface area contributed by atoms with Gasteiger partial charge >= 0.3 is 5.97 Å². The zero-order valence-corrected chi connectivity index (χ0v) is 7.90. The van der Waals surface area contributed by atoms with E-state index in [1.807, 2.05) is 0 Å². The highest BCUT2D eigenvalue weighted by Crippen LogP contribution is 1.95. The summed E-state index contributed by atoms with van der Waals surface area (Å²) in [4.78, 5) is 14.2. The first-order valence-electron chi connectivity index (χ1n) is 3.78. The van der Waals surface area contributed by atoms with Crippen molar-refractivity contribution in [3.63, 3.8) is 0 Å². The van der Waals surface area contributed by atoms with Gasteiger partial charge in [0.2, 0.25) is 0 Å². The fourth-order valence-corrected chi connectivity index (χ4v) is 0.698. The lowest BCUT2D eigenvalue weighted by Gasteiger charge is -2.00. The highest BCUT2D eigenvalue weighted by atomic mass is 16.4. The molecular formula is C9H13N3O2. The number of hydrogen-bond acceptors (Lipinski definition) is 4. The SMILES string of the molecule is C=C/C=C(\N)C(C=C(N)C(=O)O)=NC. The molecule has 5 N–H and O–H groups in total. The van der Waals surface area contributed by atoms with Crippen LogP contribution in [-0.2, 0) is 4.79 Å². The molecule has 0 aromatic heterocycles. The minimum absolute atomic E-state index is 0.310. The van der Waals surface area contributed by atoms with Crippen molar-refractivity contribution in [2.24, 2.45) is 16.5 Å². The second-order valence-corrected chi connectivity index (χ2v) is 2.37. The van der Waals surface area contributed by atoms with Crippen molar-refractivity contribution in [2.45, 2.75) is 0 Å². The summed E-state index contributed by atoms with van der Waals surface area (Å²) in [6.07, 6.45) is 4.18. The molecule has 0 spiro atoms. The minimum atomic E-state index is -1.21. The highest BCUT2D eigenvalue weighted by molar-refractivity contribution is 6.10. The molecule has 76 valence electrons. The van der Waals surface area contributed by atoms with E-state index in [0.29, 0.717) is 11.4 Å². The van der Waals surface area contributed by atoms with Crippen LogP contribution in [0.25, 0.3) is 0 Å². The Hall–Kier alpha value is -2.04. The fraction of sp³-hybridized carbons (Fsp3) is 0.111. The Kier molecular flexibility index (Phi) is 4.77. The average molecular weight is 195 g/mol. The molecule has 0 saturated carbocycles. The molecule has 0 rings (SSSR count). The Morgan fingerprint density at radius 2 is 2.00 bits per heavy atom. The summed E-state index contributed by atoms with van der Waals surface area (Å²) in [5.74, 6) is -1.21. The summed E-state index contributed by atoms with van der Waals surface area (Å²) in [7, 11) is 1.49. The Balaban J connectivity index is 4.96. The number of rotatable bonds is 4. The van der Waals surface area contributed by atoms with E-state index in [9.17, 15) is 4.79 Å². The molecule has 0 bridgehead atoms. The van der Waals surface area contributed by atoms with Crippen LogP contribution in [0.15, 0.2) is 41.2 Å². The van der Waals surface area contributed by atoms with E-state index in [2.05, 4.69) is 11.6 Å². The molecule has 0 fully saturated rings. The topological polar surface area (TPSA) is 102 Å². The molecule has 0 aromatic rings. The average Bonchev–Trinajstić information content (AvgIpc) is 2.13. The lowest BCUT2D eigenvalue weighted by molar-refractivity contribution is -0.132. The van der Waals surface area contributed by atoms with Crippen LogP contribution in [-0.4, -0.2) is 23.8 Å². The monoisotopic (exact) mass is 195 g/mol. The molecule has 0 aliphatic heterocycles. The van der Waals surface area contributed by atoms with E-state index < -0.39 is 5.97 Å². The van der Waals surface area contributed by atoms with Crippen molar-refractivity contribution in [1.29, 1.82) is 0 Å². The lowest BCUT2D eigenvalue weighted by atomic mass is 10.2. The number of allylic oxidation sites excluding steroid dienone is 3. The van der Waals surface area contributed by atoms with Crippen LogP contribution in [0.3, 0.4) is 0 Å². The number of hydrogen-bond donors (Lipinski definition) is 3. The molecule has 0 radical (unpaired) electrons. The Labute approximate surface area is 82.1 Å². The van der Waals surface area contributed by atoms with Crippen LogP contribution in [0.4, 0.5) is 0 Å². The van der Waals surface area contributed by atoms with Crippen LogP contribution in [0.1, 0.15) is 0 Å². The molecule has 0 heterocycles. The number of carbonyl (C=O) groups is 1. The smallest absolute Gasteiger partial charge is 0.351 e. The van der Waals surface area contributed by atoms with Crippen molar-refractivity contribution in [1.82, 2.24) is 0 Å². The third-order valence-electron chi connectivity index (χ3n) is 1.37. The fourth-order valence-electron chi connectivity index (χ4n) is 0.698.